The maximum Gasteiger partial charge on any atom is 0.238 e. The number of nitrogens with zero attached hydrogens (tertiary/aromatic N) is 3. The predicted molar refractivity (Wildman–Crippen MR) is 138 cm³/mol. The molecule has 7 nitrogen and oxygen atoms in total. The minimum atomic E-state index is -0.492. The maximum absolute atomic E-state index is 13.0. The first-order valence-electron chi connectivity index (χ1n) is 11.9. The van der Waals surface area contributed by atoms with Crippen LogP contribution in [0.2, 0.25) is 0 Å². The van der Waals surface area contributed by atoms with Gasteiger partial charge in [-0.2, -0.15) is 0 Å². The number of benzene rings is 3. The number of anilines is 2. The predicted octanol–water partition coefficient (Wildman–Crippen LogP) is 3.84. The third kappa shape index (κ3) is 5.16. The number of aliphatic imine (C=N–C) groups is 1. The van der Waals surface area contributed by atoms with Crippen LogP contribution in [0.3, 0.4) is 0 Å². The molecule has 0 radical (unpaired) electrons. The summed E-state index contributed by atoms with van der Waals surface area (Å²) in [4.78, 5) is 33.7. The first-order chi connectivity index (χ1) is 17.2. The smallest absolute Gasteiger partial charge is 0.238 e. The summed E-state index contributed by atoms with van der Waals surface area (Å²) in [6, 6.07) is 25.1. The van der Waals surface area contributed by atoms with Crippen molar-refractivity contribution < 1.29 is 14.3 Å². The number of rotatable bonds is 8. The van der Waals surface area contributed by atoms with Crippen LogP contribution in [0.1, 0.15) is 17.0 Å². The third-order valence-corrected chi connectivity index (χ3v) is 6.45. The van der Waals surface area contributed by atoms with Gasteiger partial charge in [0.1, 0.15) is 5.92 Å². The summed E-state index contributed by atoms with van der Waals surface area (Å²) in [5.41, 5.74) is 4.88. The van der Waals surface area contributed by atoms with E-state index in [2.05, 4.69) is 10.2 Å². The Labute approximate surface area is 205 Å². The zero-order valence-corrected chi connectivity index (χ0v) is 19.5. The Bertz CT molecular complexity index is 1200. The van der Waals surface area contributed by atoms with Crippen LogP contribution in [0.15, 0.2) is 83.9 Å². The highest BCUT2D eigenvalue weighted by atomic mass is 16.5. The molecule has 0 aromatic heterocycles. The Hall–Kier alpha value is -3.81. The molecule has 1 fully saturated rings. The second-order valence-corrected chi connectivity index (χ2v) is 8.64. The van der Waals surface area contributed by atoms with Crippen molar-refractivity contribution in [3.63, 3.8) is 0 Å². The largest absolute Gasteiger partial charge is 0.379 e. The van der Waals surface area contributed by atoms with Crippen molar-refractivity contribution in [1.29, 1.82) is 0 Å². The van der Waals surface area contributed by atoms with E-state index in [0.29, 0.717) is 12.3 Å². The van der Waals surface area contributed by atoms with Gasteiger partial charge in [0.25, 0.3) is 0 Å². The van der Waals surface area contributed by atoms with E-state index in [0.717, 1.165) is 67.4 Å². The van der Waals surface area contributed by atoms with Crippen LogP contribution in [-0.4, -0.2) is 62.3 Å². The van der Waals surface area contributed by atoms with Gasteiger partial charge in [-0.05, 0) is 41.5 Å². The number of carbonyl (C=O) groups is 2. The van der Waals surface area contributed by atoms with Crippen molar-refractivity contribution in [3.8, 4) is 0 Å². The number of fused-ring (bicyclic) bond motifs is 1. The molecule has 1 unspecified atom stereocenters. The minimum absolute atomic E-state index is 0.0827. The van der Waals surface area contributed by atoms with Crippen molar-refractivity contribution in [2.75, 3.05) is 49.6 Å². The fourth-order valence-electron chi connectivity index (χ4n) is 4.56. The van der Waals surface area contributed by atoms with E-state index in [4.69, 9.17) is 9.73 Å². The quantitative estimate of drug-likeness (QED) is 0.403. The Morgan fingerprint density at radius 3 is 2.46 bits per heavy atom. The number of carbonyl (C=O) groups excluding carboxylic acids is 2. The molecule has 2 aliphatic heterocycles. The highest BCUT2D eigenvalue weighted by Gasteiger charge is 2.35. The summed E-state index contributed by atoms with van der Waals surface area (Å²) in [6.07, 6.45) is 0.869. The summed E-state index contributed by atoms with van der Waals surface area (Å²) in [5, 5.41) is 2.98. The zero-order chi connectivity index (χ0) is 24.0. The maximum atomic E-state index is 13.0. The lowest BCUT2D eigenvalue weighted by Gasteiger charge is -2.28. The number of ether oxygens (including phenoxy) is 1. The van der Waals surface area contributed by atoms with Gasteiger partial charge in [0.15, 0.2) is 0 Å². The fourth-order valence-corrected chi connectivity index (χ4v) is 4.56. The molecule has 3 aromatic rings. The van der Waals surface area contributed by atoms with Crippen LogP contribution < -0.4 is 10.2 Å². The second-order valence-electron chi connectivity index (χ2n) is 8.64. The van der Waals surface area contributed by atoms with Gasteiger partial charge in [0, 0.05) is 37.6 Å². The standard InChI is InChI=1S/C28H28N4O3/c33-20-32(15-14-31-16-18-35-19-17-31)23-12-10-22(11-13-23)29-27(21-6-2-1-3-7-21)26-24-8-4-5-9-25(24)30-28(26)34/h1-13,20,26H,14-19H2,(H,30,34). The summed E-state index contributed by atoms with van der Waals surface area (Å²) >= 11 is 0. The van der Waals surface area contributed by atoms with Crippen LogP contribution in [-0.2, 0) is 14.3 Å². The molecule has 2 aliphatic rings. The number of para-hydroxylation sites is 1. The zero-order valence-electron chi connectivity index (χ0n) is 19.5. The van der Waals surface area contributed by atoms with Crippen LogP contribution in [0.25, 0.3) is 0 Å². The van der Waals surface area contributed by atoms with Crippen molar-refractivity contribution in [2.24, 2.45) is 4.99 Å². The van der Waals surface area contributed by atoms with Gasteiger partial charge in [-0.1, -0.05) is 48.5 Å². The van der Waals surface area contributed by atoms with Gasteiger partial charge in [0.2, 0.25) is 12.3 Å². The molecule has 3 aromatic carbocycles. The van der Waals surface area contributed by atoms with Gasteiger partial charge in [-0.3, -0.25) is 19.5 Å². The third-order valence-electron chi connectivity index (χ3n) is 6.45. The van der Waals surface area contributed by atoms with Gasteiger partial charge >= 0.3 is 0 Å². The molecule has 178 valence electrons. The Kier molecular flexibility index (Phi) is 6.97. The molecule has 1 atom stereocenters. The minimum Gasteiger partial charge on any atom is -0.379 e. The SMILES string of the molecule is O=CN(CCN1CCOCC1)c1ccc(N=C(c2ccccc2)C2C(=O)Nc3ccccc32)cc1. The molecule has 0 spiro atoms. The molecule has 2 heterocycles. The number of hydrogen-bond donors (Lipinski definition) is 1. The Balaban J connectivity index is 1.40. The molecule has 0 saturated carbocycles. The molecular weight excluding hydrogens is 440 g/mol. The molecule has 1 saturated heterocycles. The Morgan fingerprint density at radius 2 is 1.71 bits per heavy atom. The summed E-state index contributed by atoms with van der Waals surface area (Å²) < 4.78 is 5.39. The van der Waals surface area contributed by atoms with E-state index < -0.39 is 5.92 Å². The topological polar surface area (TPSA) is 74.2 Å². The fraction of sp³-hybridized carbons (Fsp3) is 0.250. The summed E-state index contributed by atoms with van der Waals surface area (Å²) in [5.74, 6) is -0.575. The lowest BCUT2D eigenvalue weighted by molar-refractivity contribution is -0.115. The molecule has 5 rings (SSSR count). The number of nitrogens with one attached hydrogen (secondary N) is 1. The van der Waals surface area contributed by atoms with Crippen molar-refractivity contribution in [3.05, 3.63) is 90.0 Å². The number of morpholine rings is 1. The van der Waals surface area contributed by atoms with E-state index in [1.54, 1.807) is 4.90 Å². The van der Waals surface area contributed by atoms with Crippen LogP contribution in [0.5, 0.6) is 0 Å². The van der Waals surface area contributed by atoms with Crippen LogP contribution >= 0.6 is 0 Å². The molecule has 1 N–H and O–H groups in total. The molecule has 0 aliphatic carbocycles. The van der Waals surface area contributed by atoms with Crippen molar-refractivity contribution >= 4 is 35.1 Å². The highest BCUT2D eigenvalue weighted by molar-refractivity contribution is 6.24. The number of amides is 2. The first kappa shape index (κ1) is 23.0. The summed E-state index contributed by atoms with van der Waals surface area (Å²) in [7, 11) is 0. The summed E-state index contributed by atoms with van der Waals surface area (Å²) in [6.45, 7) is 4.67. The normalized spacial score (nSPS) is 18.1. The van der Waals surface area contributed by atoms with Gasteiger partial charge in [0.05, 0.1) is 24.6 Å². The van der Waals surface area contributed by atoms with Gasteiger partial charge in [-0.15, -0.1) is 0 Å². The second kappa shape index (κ2) is 10.6. The first-order valence-corrected chi connectivity index (χ1v) is 11.9. The lowest BCUT2D eigenvalue weighted by atomic mass is 9.90. The van der Waals surface area contributed by atoms with E-state index >= 15 is 0 Å². The Morgan fingerprint density at radius 1 is 1.00 bits per heavy atom. The lowest BCUT2D eigenvalue weighted by Crippen LogP contribution is -2.41. The molecule has 0 bridgehead atoms. The monoisotopic (exact) mass is 468 g/mol. The number of hydrogen-bond acceptors (Lipinski definition) is 5. The van der Waals surface area contributed by atoms with Crippen molar-refractivity contribution in [2.45, 2.75) is 5.92 Å². The average Bonchev–Trinajstić information content (AvgIpc) is 3.25. The van der Waals surface area contributed by atoms with Crippen LogP contribution in [0.4, 0.5) is 17.1 Å². The van der Waals surface area contributed by atoms with E-state index in [9.17, 15) is 9.59 Å². The van der Waals surface area contributed by atoms with E-state index in [-0.39, 0.29) is 5.91 Å². The van der Waals surface area contributed by atoms with E-state index in [1.807, 2.05) is 78.9 Å². The average molecular weight is 469 g/mol. The molecule has 2 amide bonds. The van der Waals surface area contributed by atoms with E-state index in [1.165, 1.54) is 0 Å². The van der Waals surface area contributed by atoms with Crippen molar-refractivity contribution in [1.82, 2.24) is 4.90 Å². The van der Waals surface area contributed by atoms with Crippen LogP contribution in [0, 0.1) is 0 Å². The van der Waals surface area contributed by atoms with Gasteiger partial charge in [-0.25, -0.2) is 0 Å². The highest BCUT2D eigenvalue weighted by Crippen LogP contribution is 2.36. The molecular formula is C28H28N4O3. The molecule has 7 heteroatoms. The molecule has 35 heavy (non-hydrogen) atoms. The van der Waals surface area contributed by atoms with Gasteiger partial charge < -0.3 is 15.0 Å².